The standard InChI is InChI=1S/C19H20N2O2/c1-15-11-16(2)13-18(12-15)23-14-19(22)21-20-10-6-9-17-7-4-3-5-8-17/h3-13H,14H2,1-2H3,(H,21,22)/b9-6+,20-10-. The summed E-state index contributed by atoms with van der Waals surface area (Å²) in [7, 11) is 0. The second-order valence-corrected chi connectivity index (χ2v) is 5.20. The number of benzene rings is 2. The first kappa shape index (κ1) is 16.5. The van der Waals surface area contributed by atoms with Crippen molar-refractivity contribution in [1.82, 2.24) is 5.43 Å². The predicted octanol–water partition coefficient (Wildman–Crippen LogP) is 3.50. The van der Waals surface area contributed by atoms with Crippen molar-refractivity contribution >= 4 is 18.2 Å². The van der Waals surface area contributed by atoms with Crippen LogP contribution in [0.1, 0.15) is 16.7 Å². The number of rotatable bonds is 6. The quantitative estimate of drug-likeness (QED) is 0.656. The van der Waals surface area contributed by atoms with Gasteiger partial charge in [0.25, 0.3) is 5.91 Å². The van der Waals surface area contributed by atoms with E-state index in [1.165, 1.54) is 6.21 Å². The Morgan fingerprint density at radius 1 is 1.13 bits per heavy atom. The molecule has 0 aliphatic heterocycles. The molecule has 0 fully saturated rings. The highest BCUT2D eigenvalue weighted by Crippen LogP contribution is 2.15. The Kier molecular flexibility index (Phi) is 6.12. The summed E-state index contributed by atoms with van der Waals surface area (Å²) in [5, 5.41) is 3.84. The first-order valence-electron chi connectivity index (χ1n) is 7.38. The fraction of sp³-hybridized carbons (Fsp3) is 0.158. The molecule has 2 aromatic carbocycles. The molecule has 0 saturated carbocycles. The molecule has 0 heterocycles. The van der Waals surface area contributed by atoms with Crippen molar-refractivity contribution in [3.8, 4) is 5.75 Å². The molecule has 1 N–H and O–H groups in total. The molecule has 2 rings (SSSR count). The van der Waals surface area contributed by atoms with Crippen LogP contribution in [0.5, 0.6) is 5.75 Å². The minimum absolute atomic E-state index is 0.0668. The fourth-order valence-corrected chi connectivity index (χ4v) is 2.07. The van der Waals surface area contributed by atoms with E-state index in [4.69, 9.17) is 4.74 Å². The van der Waals surface area contributed by atoms with E-state index in [9.17, 15) is 4.79 Å². The molecule has 4 nitrogen and oxygen atoms in total. The highest BCUT2D eigenvalue weighted by Gasteiger charge is 2.02. The number of carbonyl (C=O) groups excluding carboxylic acids is 1. The average Bonchev–Trinajstić information content (AvgIpc) is 2.53. The van der Waals surface area contributed by atoms with Crippen LogP contribution in [0.3, 0.4) is 0 Å². The van der Waals surface area contributed by atoms with E-state index in [1.54, 1.807) is 6.08 Å². The van der Waals surface area contributed by atoms with Gasteiger partial charge in [0.2, 0.25) is 0 Å². The molecule has 0 spiro atoms. The molecule has 0 aromatic heterocycles. The third kappa shape index (κ3) is 6.18. The Bertz CT molecular complexity index is 686. The van der Waals surface area contributed by atoms with Crippen LogP contribution < -0.4 is 10.2 Å². The van der Waals surface area contributed by atoms with Gasteiger partial charge in [-0.2, -0.15) is 5.10 Å². The van der Waals surface area contributed by atoms with Gasteiger partial charge in [-0.25, -0.2) is 5.43 Å². The summed E-state index contributed by atoms with van der Waals surface area (Å²) in [6, 6.07) is 15.7. The lowest BCUT2D eigenvalue weighted by Crippen LogP contribution is -2.24. The Balaban J connectivity index is 1.74. The summed E-state index contributed by atoms with van der Waals surface area (Å²) in [5.74, 6) is 0.388. The normalized spacial score (nSPS) is 11.0. The molecule has 0 unspecified atom stereocenters. The Hall–Kier alpha value is -2.88. The predicted molar refractivity (Wildman–Crippen MR) is 93.5 cm³/mol. The lowest BCUT2D eigenvalue weighted by atomic mass is 10.1. The van der Waals surface area contributed by atoms with Crippen molar-refractivity contribution in [3.63, 3.8) is 0 Å². The summed E-state index contributed by atoms with van der Waals surface area (Å²) in [6.07, 6.45) is 5.20. The van der Waals surface area contributed by atoms with Gasteiger partial charge in [0.1, 0.15) is 5.75 Å². The van der Waals surface area contributed by atoms with Gasteiger partial charge in [0, 0.05) is 6.21 Å². The van der Waals surface area contributed by atoms with E-state index in [0.29, 0.717) is 5.75 Å². The van der Waals surface area contributed by atoms with Crippen LogP contribution in [0.25, 0.3) is 6.08 Å². The topological polar surface area (TPSA) is 50.7 Å². The lowest BCUT2D eigenvalue weighted by Gasteiger charge is -2.07. The number of ether oxygens (including phenoxy) is 1. The van der Waals surface area contributed by atoms with Gasteiger partial charge in [0.05, 0.1) is 0 Å². The second-order valence-electron chi connectivity index (χ2n) is 5.20. The van der Waals surface area contributed by atoms with Gasteiger partial charge < -0.3 is 4.74 Å². The van der Waals surface area contributed by atoms with Crippen molar-refractivity contribution in [3.05, 3.63) is 71.3 Å². The number of aryl methyl sites for hydroxylation is 2. The van der Waals surface area contributed by atoms with Crippen molar-refractivity contribution in [2.24, 2.45) is 5.10 Å². The minimum Gasteiger partial charge on any atom is -0.484 e. The molecule has 4 heteroatoms. The van der Waals surface area contributed by atoms with Crippen LogP contribution in [-0.4, -0.2) is 18.7 Å². The number of hydrazone groups is 1. The summed E-state index contributed by atoms with van der Waals surface area (Å²) in [5.41, 5.74) is 5.70. The number of allylic oxidation sites excluding steroid dienone is 1. The Labute approximate surface area is 136 Å². The zero-order chi connectivity index (χ0) is 16.5. The summed E-state index contributed by atoms with van der Waals surface area (Å²) >= 11 is 0. The van der Waals surface area contributed by atoms with Gasteiger partial charge in [-0.3, -0.25) is 4.79 Å². The fourth-order valence-electron chi connectivity index (χ4n) is 2.07. The van der Waals surface area contributed by atoms with Crippen LogP contribution in [0, 0.1) is 13.8 Å². The largest absolute Gasteiger partial charge is 0.484 e. The number of nitrogens with one attached hydrogen (secondary N) is 1. The highest BCUT2D eigenvalue weighted by atomic mass is 16.5. The summed E-state index contributed by atoms with van der Waals surface area (Å²) in [4.78, 5) is 11.6. The maximum absolute atomic E-state index is 11.6. The van der Waals surface area contributed by atoms with Crippen LogP contribution in [-0.2, 0) is 4.79 Å². The van der Waals surface area contributed by atoms with Crippen LogP contribution in [0.4, 0.5) is 0 Å². The van der Waals surface area contributed by atoms with Crippen molar-refractivity contribution < 1.29 is 9.53 Å². The van der Waals surface area contributed by atoms with Crippen molar-refractivity contribution in [2.45, 2.75) is 13.8 Å². The lowest BCUT2D eigenvalue weighted by molar-refractivity contribution is -0.123. The summed E-state index contributed by atoms with van der Waals surface area (Å²) < 4.78 is 5.45. The smallest absolute Gasteiger partial charge is 0.277 e. The third-order valence-electron chi connectivity index (χ3n) is 3.00. The molecular formula is C19H20N2O2. The SMILES string of the molecule is Cc1cc(C)cc(OCC(=O)N/N=C\C=C\c2ccccc2)c1. The second kappa shape index (κ2) is 8.54. The molecule has 118 valence electrons. The van der Waals surface area contributed by atoms with Crippen LogP contribution in [0.15, 0.2) is 59.7 Å². The molecule has 2 aromatic rings. The zero-order valence-corrected chi connectivity index (χ0v) is 13.3. The molecule has 0 radical (unpaired) electrons. The zero-order valence-electron chi connectivity index (χ0n) is 13.3. The number of hydrogen-bond acceptors (Lipinski definition) is 3. The van der Waals surface area contributed by atoms with E-state index in [-0.39, 0.29) is 12.5 Å². The molecule has 0 bridgehead atoms. The Morgan fingerprint density at radius 3 is 2.52 bits per heavy atom. The monoisotopic (exact) mass is 308 g/mol. The van der Waals surface area contributed by atoms with Gasteiger partial charge in [-0.1, -0.05) is 42.5 Å². The summed E-state index contributed by atoms with van der Waals surface area (Å²) in [6.45, 7) is 3.91. The minimum atomic E-state index is -0.298. The van der Waals surface area contributed by atoms with Crippen molar-refractivity contribution in [2.75, 3.05) is 6.61 Å². The molecule has 0 atom stereocenters. The molecule has 23 heavy (non-hydrogen) atoms. The number of hydrogen-bond donors (Lipinski definition) is 1. The van der Waals surface area contributed by atoms with Crippen LogP contribution >= 0.6 is 0 Å². The van der Waals surface area contributed by atoms with Gasteiger partial charge in [0.15, 0.2) is 6.61 Å². The molecule has 0 aliphatic rings. The highest BCUT2D eigenvalue weighted by molar-refractivity contribution is 5.81. The first-order valence-corrected chi connectivity index (χ1v) is 7.38. The first-order chi connectivity index (χ1) is 11.1. The molecular weight excluding hydrogens is 288 g/mol. The molecule has 0 aliphatic carbocycles. The van der Waals surface area contributed by atoms with E-state index in [1.807, 2.05) is 62.4 Å². The Morgan fingerprint density at radius 2 is 1.83 bits per heavy atom. The maximum Gasteiger partial charge on any atom is 0.277 e. The average molecular weight is 308 g/mol. The van der Waals surface area contributed by atoms with E-state index >= 15 is 0 Å². The van der Waals surface area contributed by atoms with E-state index in [0.717, 1.165) is 16.7 Å². The van der Waals surface area contributed by atoms with Gasteiger partial charge in [-0.15, -0.1) is 0 Å². The van der Waals surface area contributed by atoms with Crippen LogP contribution in [0.2, 0.25) is 0 Å². The third-order valence-corrected chi connectivity index (χ3v) is 3.00. The molecule has 0 saturated heterocycles. The number of amides is 1. The van der Waals surface area contributed by atoms with E-state index in [2.05, 4.69) is 16.6 Å². The number of nitrogens with zero attached hydrogens (tertiary/aromatic N) is 1. The van der Waals surface area contributed by atoms with Crippen molar-refractivity contribution in [1.29, 1.82) is 0 Å². The van der Waals surface area contributed by atoms with Gasteiger partial charge in [-0.05, 0) is 48.7 Å². The number of carbonyl (C=O) groups is 1. The van der Waals surface area contributed by atoms with Gasteiger partial charge >= 0.3 is 0 Å². The maximum atomic E-state index is 11.6. The molecule has 1 amide bonds. The van der Waals surface area contributed by atoms with E-state index < -0.39 is 0 Å².